The Labute approximate surface area is 136 Å². The standard InChI is InChI=1S/C18H22N4O/c1-11(2)12-6-7-14-13(10-20-15(14)8-12)9-16-17(23)22(5)18(19-3)21(16)4/h6-11,23H,1-5H3/b13-9+,19-18?. The third-order valence-electron chi connectivity index (χ3n) is 4.34. The summed E-state index contributed by atoms with van der Waals surface area (Å²) >= 11 is 0. The van der Waals surface area contributed by atoms with Crippen LogP contribution in [-0.4, -0.2) is 27.5 Å². The van der Waals surface area contributed by atoms with Gasteiger partial charge < -0.3 is 9.67 Å². The van der Waals surface area contributed by atoms with Crippen LogP contribution >= 0.6 is 0 Å². The van der Waals surface area contributed by atoms with Crippen LogP contribution in [0, 0.1) is 0 Å². The van der Waals surface area contributed by atoms with Crippen LogP contribution in [0.1, 0.15) is 36.6 Å². The monoisotopic (exact) mass is 310 g/mol. The molecule has 1 aliphatic heterocycles. The molecule has 5 heteroatoms. The van der Waals surface area contributed by atoms with Gasteiger partial charge in [-0.2, -0.15) is 0 Å². The van der Waals surface area contributed by atoms with Gasteiger partial charge in [-0.05, 0) is 23.6 Å². The lowest BCUT2D eigenvalue weighted by atomic mass is 9.98. The van der Waals surface area contributed by atoms with Gasteiger partial charge >= 0.3 is 0 Å². The van der Waals surface area contributed by atoms with Gasteiger partial charge in [0.25, 0.3) is 0 Å². The minimum Gasteiger partial charge on any atom is -0.493 e. The van der Waals surface area contributed by atoms with E-state index in [9.17, 15) is 5.11 Å². The van der Waals surface area contributed by atoms with Gasteiger partial charge in [-0.25, -0.2) is 0 Å². The van der Waals surface area contributed by atoms with Crippen molar-refractivity contribution in [3.63, 3.8) is 0 Å². The summed E-state index contributed by atoms with van der Waals surface area (Å²) in [4.78, 5) is 8.72. The molecule has 120 valence electrons. The van der Waals surface area contributed by atoms with E-state index in [0.29, 0.717) is 11.5 Å². The van der Waals surface area contributed by atoms with E-state index in [1.54, 1.807) is 18.7 Å². The van der Waals surface area contributed by atoms with Gasteiger partial charge in [0.2, 0.25) is 11.5 Å². The van der Waals surface area contributed by atoms with Crippen molar-refractivity contribution in [2.45, 2.75) is 19.8 Å². The number of hydrogen-bond donors (Lipinski definition) is 1. The van der Waals surface area contributed by atoms with Gasteiger partial charge in [-0.1, -0.05) is 26.0 Å². The lowest BCUT2D eigenvalue weighted by Gasteiger charge is -2.07. The second kappa shape index (κ2) is 5.57. The summed E-state index contributed by atoms with van der Waals surface area (Å²) in [5.74, 6) is 0.675. The van der Waals surface area contributed by atoms with Crippen LogP contribution in [0.15, 0.2) is 28.2 Å². The molecule has 0 amide bonds. The molecule has 1 aliphatic rings. The Kier molecular flexibility index (Phi) is 3.72. The van der Waals surface area contributed by atoms with Gasteiger partial charge in [-0.15, -0.1) is 0 Å². The van der Waals surface area contributed by atoms with Gasteiger partial charge in [0, 0.05) is 38.5 Å². The number of aromatic nitrogens is 2. The van der Waals surface area contributed by atoms with E-state index in [1.165, 1.54) is 5.56 Å². The molecular formula is C18H22N4O. The Morgan fingerprint density at radius 1 is 1.22 bits per heavy atom. The van der Waals surface area contributed by atoms with E-state index in [4.69, 9.17) is 0 Å². The molecule has 0 saturated heterocycles. The molecule has 1 aromatic carbocycles. The number of aromatic hydroxyl groups is 1. The average Bonchev–Trinajstić information content (AvgIpc) is 3.02. The highest BCUT2D eigenvalue weighted by molar-refractivity contribution is 6.21. The van der Waals surface area contributed by atoms with Crippen LogP contribution in [0.3, 0.4) is 0 Å². The Morgan fingerprint density at radius 3 is 2.57 bits per heavy atom. The number of allylic oxidation sites excluding steroid dienone is 1. The second-order valence-corrected chi connectivity index (χ2v) is 6.14. The van der Waals surface area contributed by atoms with Gasteiger partial charge in [0.15, 0.2) is 0 Å². The Balaban J connectivity index is 2.11. The van der Waals surface area contributed by atoms with Crippen LogP contribution in [0.4, 0.5) is 5.69 Å². The normalized spacial score (nSPS) is 15.9. The van der Waals surface area contributed by atoms with Crippen molar-refractivity contribution in [3.05, 3.63) is 40.6 Å². The molecule has 0 radical (unpaired) electrons. The molecule has 1 N–H and O–H groups in total. The predicted octanol–water partition coefficient (Wildman–Crippen LogP) is 2.98. The molecule has 0 unspecified atom stereocenters. The molecule has 1 aromatic heterocycles. The average molecular weight is 310 g/mol. The molecular weight excluding hydrogens is 288 g/mol. The Bertz CT molecular complexity index is 894. The summed E-state index contributed by atoms with van der Waals surface area (Å²) in [7, 11) is 5.40. The SMILES string of the molecule is CN=c1n(C)c(O)c(/C=C2\C=Nc3cc(C(C)C)ccc32)n1C. The first-order valence-electron chi connectivity index (χ1n) is 7.71. The summed E-state index contributed by atoms with van der Waals surface area (Å²) in [5.41, 5.74) is 5.78. The number of fused-ring (bicyclic) bond motifs is 1. The van der Waals surface area contributed by atoms with Gasteiger partial charge in [0.1, 0.15) is 5.69 Å². The topological polar surface area (TPSA) is 54.8 Å². The molecule has 0 saturated carbocycles. The summed E-state index contributed by atoms with van der Waals surface area (Å²) in [6, 6.07) is 6.38. The van der Waals surface area contributed by atoms with Crippen molar-refractivity contribution < 1.29 is 5.11 Å². The Morgan fingerprint density at radius 2 is 1.96 bits per heavy atom. The van der Waals surface area contributed by atoms with Crippen molar-refractivity contribution in [1.82, 2.24) is 9.13 Å². The maximum atomic E-state index is 10.3. The molecule has 0 bridgehead atoms. The van der Waals surface area contributed by atoms with E-state index in [-0.39, 0.29) is 5.88 Å². The highest BCUT2D eigenvalue weighted by Crippen LogP contribution is 2.35. The molecule has 2 aromatic rings. The molecule has 0 spiro atoms. The van der Waals surface area contributed by atoms with Crippen LogP contribution in [0.2, 0.25) is 0 Å². The summed E-state index contributed by atoms with van der Waals surface area (Å²) in [5, 5.41) is 10.3. The first-order chi connectivity index (χ1) is 10.9. The highest BCUT2D eigenvalue weighted by Gasteiger charge is 2.17. The maximum absolute atomic E-state index is 10.3. The smallest absolute Gasteiger partial charge is 0.218 e. The van der Waals surface area contributed by atoms with Crippen LogP contribution in [0.25, 0.3) is 11.6 Å². The summed E-state index contributed by atoms with van der Waals surface area (Å²) < 4.78 is 3.54. The largest absolute Gasteiger partial charge is 0.493 e. The van der Waals surface area contributed by atoms with Crippen LogP contribution < -0.4 is 5.62 Å². The van der Waals surface area contributed by atoms with E-state index >= 15 is 0 Å². The second-order valence-electron chi connectivity index (χ2n) is 6.14. The molecule has 5 nitrogen and oxygen atoms in total. The van der Waals surface area contributed by atoms with Crippen molar-refractivity contribution >= 4 is 23.6 Å². The highest BCUT2D eigenvalue weighted by atomic mass is 16.3. The van der Waals surface area contributed by atoms with Gasteiger partial charge in [0.05, 0.1) is 5.69 Å². The predicted molar refractivity (Wildman–Crippen MR) is 94.1 cm³/mol. The maximum Gasteiger partial charge on any atom is 0.218 e. The fourth-order valence-corrected chi connectivity index (χ4v) is 2.94. The van der Waals surface area contributed by atoms with Crippen molar-refractivity contribution in [2.24, 2.45) is 24.1 Å². The Hall–Kier alpha value is -2.56. The first-order valence-corrected chi connectivity index (χ1v) is 7.71. The van der Waals surface area contributed by atoms with Crippen LogP contribution in [-0.2, 0) is 14.1 Å². The first kappa shape index (κ1) is 15.3. The van der Waals surface area contributed by atoms with Gasteiger partial charge in [-0.3, -0.25) is 14.6 Å². The molecule has 3 rings (SSSR count). The summed E-state index contributed by atoms with van der Waals surface area (Å²) in [6.07, 6.45) is 3.80. The number of aliphatic imine (C=N–C) groups is 1. The van der Waals surface area contributed by atoms with Crippen molar-refractivity contribution in [3.8, 4) is 5.88 Å². The molecule has 23 heavy (non-hydrogen) atoms. The number of benzene rings is 1. The molecule has 0 fully saturated rings. The molecule has 0 atom stereocenters. The third-order valence-corrected chi connectivity index (χ3v) is 4.34. The fourth-order valence-electron chi connectivity index (χ4n) is 2.94. The minimum absolute atomic E-state index is 0.196. The van der Waals surface area contributed by atoms with E-state index in [1.807, 2.05) is 23.9 Å². The minimum atomic E-state index is 0.196. The quantitative estimate of drug-likeness (QED) is 0.911. The molecule has 0 aliphatic carbocycles. The van der Waals surface area contributed by atoms with Crippen molar-refractivity contribution in [2.75, 3.05) is 7.05 Å². The number of imidazole rings is 1. The third kappa shape index (κ3) is 2.42. The van der Waals surface area contributed by atoms with Crippen molar-refractivity contribution in [1.29, 1.82) is 0 Å². The zero-order valence-corrected chi connectivity index (χ0v) is 14.2. The van der Waals surface area contributed by atoms with E-state index in [0.717, 1.165) is 22.5 Å². The lowest BCUT2D eigenvalue weighted by molar-refractivity contribution is 0.427. The number of nitrogens with zero attached hydrogens (tertiary/aromatic N) is 4. The number of rotatable bonds is 2. The number of hydrogen-bond acceptors (Lipinski definition) is 3. The van der Waals surface area contributed by atoms with Crippen LogP contribution in [0.5, 0.6) is 5.88 Å². The zero-order valence-electron chi connectivity index (χ0n) is 14.2. The van der Waals surface area contributed by atoms with E-state index in [2.05, 4.69) is 42.0 Å². The van der Waals surface area contributed by atoms with E-state index < -0.39 is 0 Å². The lowest BCUT2D eigenvalue weighted by Crippen LogP contribution is -2.22. The summed E-state index contributed by atoms with van der Waals surface area (Å²) in [6.45, 7) is 4.35. The molecule has 2 heterocycles. The zero-order chi connectivity index (χ0) is 16.7. The fraction of sp³-hybridized carbons (Fsp3) is 0.333.